The van der Waals surface area contributed by atoms with Crippen LogP contribution in [0.2, 0.25) is 0 Å². The number of esters is 1. The van der Waals surface area contributed by atoms with Gasteiger partial charge in [-0.1, -0.05) is 45.6 Å². The lowest BCUT2D eigenvalue weighted by Gasteiger charge is -2.30. The smallest absolute Gasteiger partial charge is 0.311 e. The van der Waals surface area contributed by atoms with Gasteiger partial charge in [0.2, 0.25) is 0 Å². The Morgan fingerprint density at radius 2 is 1.71 bits per heavy atom. The summed E-state index contributed by atoms with van der Waals surface area (Å²) in [6.07, 6.45) is 5.84. The lowest BCUT2D eigenvalue weighted by molar-refractivity contribution is -0.156. The highest BCUT2D eigenvalue weighted by Gasteiger charge is 2.33. The van der Waals surface area contributed by atoms with Crippen molar-refractivity contribution in [3.63, 3.8) is 0 Å². The minimum Gasteiger partial charge on any atom is -0.490 e. The monoisotopic (exact) mass is 558 g/mol. The number of rotatable bonds is 15. The van der Waals surface area contributed by atoms with Crippen LogP contribution in [0, 0.1) is 22.2 Å². The number of ether oxygens (including phenoxy) is 3. The van der Waals surface area contributed by atoms with E-state index in [4.69, 9.17) is 19.5 Å². The summed E-state index contributed by atoms with van der Waals surface area (Å²) in [5.41, 5.74) is 3.11. The molecule has 0 aliphatic carbocycles. The number of nitriles is 1. The molecule has 1 N–H and O–H groups in total. The molecule has 0 bridgehead atoms. The summed E-state index contributed by atoms with van der Waals surface area (Å²) >= 11 is 0. The van der Waals surface area contributed by atoms with Gasteiger partial charge in [0.25, 0.3) is 0 Å². The number of anilines is 1. The molecule has 0 radical (unpaired) electrons. The quantitative estimate of drug-likeness (QED) is 0.0589. The first-order valence-electron chi connectivity index (χ1n) is 13.6. The molecule has 2 aromatic carbocycles. The molecule has 8 heteroatoms. The molecule has 0 saturated heterocycles. The van der Waals surface area contributed by atoms with Gasteiger partial charge in [0.05, 0.1) is 29.5 Å². The second-order valence-electron chi connectivity index (χ2n) is 11.4. The second-order valence-corrected chi connectivity index (χ2v) is 11.4. The number of azo groups is 1. The van der Waals surface area contributed by atoms with Crippen LogP contribution in [0.3, 0.4) is 0 Å². The summed E-state index contributed by atoms with van der Waals surface area (Å²) in [5, 5.41) is 20.4. The van der Waals surface area contributed by atoms with E-state index in [1.165, 1.54) is 0 Å². The van der Waals surface area contributed by atoms with E-state index < -0.39 is 5.41 Å². The maximum absolute atomic E-state index is 12.4. The molecular formula is C33H42N4O4. The van der Waals surface area contributed by atoms with Gasteiger partial charge >= 0.3 is 5.97 Å². The Morgan fingerprint density at radius 1 is 1.02 bits per heavy atom. The van der Waals surface area contributed by atoms with Gasteiger partial charge in [0.1, 0.15) is 25.7 Å². The zero-order valence-electron chi connectivity index (χ0n) is 25.1. The van der Waals surface area contributed by atoms with Crippen LogP contribution in [0.1, 0.15) is 53.5 Å². The van der Waals surface area contributed by atoms with E-state index in [-0.39, 0.29) is 18.0 Å². The molecule has 0 aliphatic rings. The highest BCUT2D eigenvalue weighted by molar-refractivity contribution is 5.75. The summed E-state index contributed by atoms with van der Waals surface area (Å²) < 4.78 is 16.9. The molecule has 0 atom stereocenters. The van der Waals surface area contributed by atoms with E-state index in [1.807, 2.05) is 75.4 Å². The molecule has 0 aromatic heterocycles. The van der Waals surface area contributed by atoms with E-state index >= 15 is 0 Å². The molecule has 0 aliphatic heterocycles. The zero-order chi connectivity index (χ0) is 30.3. The largest absolute Gasteiger partial charge is 0.490 e. The average molecular weight is 559 g/mol. The van der Waals surface area contributed by atoms with Crippen molar-refractivity contribution < 1.29 is 19.0 Å². The van der Waals surface area contributed by atoms with Crippen molar-refractivity contribution in [2.45, 2.75) is 54.6 Å². The number of hydrogen-bond donors (Lipinski definition) is 1. The Hall–Kier alpha value is -4.22. The van der Waals surface area contributed by atoms with Crippen LogP contribution in [0.4, 0.5) is 11.4 Å². The molecular weight excluding hydrogens is 516 g/mol. The topological polar surface area (TPSA) is 105 Å². The third-order valence-electron chi connectivity index (χ3n) is 5.72. The molecule has 0 heterocycles. The summed E-state index contributed by atoms with van der Waals surface area (Å²) in [6.45, 7) is 16.9. The van der Waals surface area contributed by atoms with Crippen molar-refractivity contribution >= 4 is 17.3 Å². The van der Waals surface area contributed by atoms with Gasteiger partial charge in [-0.15, -0.1) is 0 Å². The number of hydrogen-bond acceptors (Lipinski definition) is 8. The Morgan fingerprint density at radius 3 is 2.32 bits per heavy atom. The Balaban J connectivity index is 1.69. The van der Waals surface area contributed by atoms with Crippen molar-refractivity contribution in [3.8, 4) is 11.8 Å². The molecule has 0 unspecified atom stereocenters. The third-order valence-corrected chi connectivity index (χ3v) is 5.72. The van der Waals surface area contributed by atoms with E-state index in [0.29, 0.717) is 42.7 Å². The molecule has 2 aromatic rings. The van der Waals surface area contributed by atoms with Gasteiger partial charge in [-0.2, -0.15) is 15.5 Å². The van der Waals surface area contributed by atoms with E-state index in [9.17, 15) is 4.79 Å². The fourth-order valence-electron chi connectivity index (χ4n) is 4.04. The lowest BCUT2D eigenvalue weighted by Crippen LogP contribution is -2.32. The third kappa shape index (κ3) is 13.1. The fourth-order valence-corrected chi connectivity index (χ4v) is 4.04. The van der Waals surface area contributed by atoms with Gasteiger partial charge in [0, 0.05) is 11.3 Å². The first-order chi connectivity index (χ1) is 19.4. The SMILES string of the molecule is C=C(C#N)C=CC(=CC)N=Nc1ccc(NCOCc2ccc(OCCOC(=O)C(C)(C)CC(C)(C)C)cc2)cc1. The Kier molecular flexibility index (Phi) is 13.0. The number of nitrogens with one attached hydrogen (secondary N) is 1. The van der Waals surface area contributed by atoms with Gasteiger partial charge < -0.3 is 19.5 Å². The van der Waals surface area contributed by atoms with Crippen molar-refractivity contribution in [1.29, 1.82) is 5.26 Å². The van der Waals surface area contributed by atoms with Crippen LogP contribution in [0.5, 0.6) is 5.75 Å². The first kappa shape index (κ1) is 33.0. The molecule has 0 spiro atoms. The first-order valence-corrected chi connectivity index (χ1v) is 13.6. The number of nitrogens with zero attached hydrogens (tertiary/aromatic N) is 3. The van der Waals surface area contributed by atoms with Crippen molar-refractivity contribution in [3.05, 3.63) is 90.2 Å². The average Bonchev–Trinajstić information content (AvgIpc) is 2.93. The predicted molar refractivity (Wildman–Crippen MR) is 163 cm³/mol. The van der Waals surface area contributed by atoms with Gasteiger partial charge in [-0.3, -0.25) is 4.79 Å². The molecule has 0 saturated carbocycles. The molecule has 2 rings (SSSR count). The van der Waals surface area contributed by atoms with Gasteiger partial charge in [-0.05, 0) is 86.7 Å². The maximum atomic E-state index is 12.4. The summed E-state index contributed by atoms with van der Waals surface area (Å²) in [5.74, 6) is 0.505. The zero-order valence-corrected chi connectivity index (χ0v) is 25.1. The number of carbonyl (C=O) groups excluding carboxylic acids is 1. The van der Waals surface area contributed by atoms with Gasteiger partial charge in [0.15, 0.2) is 0 Å². The fraction of sp³-hybridized carbons (Fsp3) is 0.394. The van der Waals surface area contributed by atoms with E-state index in [0.717, 1.165) is 17.7 Å². The van der Waals surface area contributed by atoms with E-state index in [2.05, 4.69) is 42.9 Å². The summed E-state index contributed by atoms with van der Waals surface area (Å²) in [7, 11) is 0. The number of allylic oxidation sites excluding steroid dienone is 4. The molecule has 8 nitrogen and oxygen atoms in total. The normalized spacial score (nSPS) is 12.4. The number of benzene rings is 2. The highest BCUT2D eigenvalue weighted by Crippen LogP contribution is 2.34. The maximum Gasteiger partial charge on any atom is 0.311 e. The van der Waals surface area contributed by atoms with Gasteiger partial charge in [-0.25, -0.2) is 0 Å². The molecule has 218 valence electrons. The highest BCUT2D eigenvalue weighted by atomic mass is 16.6. The summed E-state index contributed by atoms with van der Waals surface area (Å²) in [6, 6.07) is 17.1. The molecule has 0 fully saturated rings. The lowest BCUT2D eigenvalue weighted by atomic mass is 9.76. The molecule has 0 amide bonds. The van der Waals surface area contributed by atoms with Crippen LogP contribution in [-0.2, 0) is 20.9 Å². The predicted octanol–water partition coefficient (Wildman–Crippen LogP) is 8.28. The Labute approximate surface area is 244 Å². The minimum absolute atomic E-state index is 0.0482. The van der Waals surface area contributed by atoms with Crippen molar-refractivity contribution in [2.24, 2.45) is 21.1 Å². The summed E-state index contributed by atoms with van der Waals surface area (Å²) in [4.78, 5) is 12.4. The van der Waals surface area contributed by atoms with Crippen LogP contribution in [0.25, 0.3) is 0 Å². The van der Waals surface area contributed by atoms with Crippen LogP contribution in [0.15, 0.2) is 94.8 Å². The Bertz CT molecular complexity index is 1260. The van der Waals surface area contributed by atoms with E-state index in [1.54, 1.807) is 18.2 Å². The van der Waals surface area contributed by atoms with Crippen LogP contribution >= 0.6 is 0 Å². The molecule has 41 heavy (non-hydrogen) atoms. The standard InChI is InChI=1S/C33H42N4O4/c1-8-27(12-9-25(2)21-34)36-37-29-15-13-28(14-16-29)35-24-39-22-26-10-17-30(18-11-26)40-19-20-41-31(38)33(6,7)23-32(3,4)5/h8-18,35H,2,19-20,22-24H2,1,3-7H3. The van der Waals surface area contributed by atoms with Crippen molar-refractivity contribution in [1.82, 2.24) is 0 Å². The van der Waals surface area contributed by atoms with Crippen LogP contribution < -0.4 is 10.1 Å². The van der Waals surface area contributed by atoms with Crippen LogP contribution in [-0.4, -0.2) is 25.9 Å². The van der Waals surface area contributed by atoms with Crippen molar-refractivity contribution in [2.75, 3.05) is 25.3 Å². The number of carbonyl (C=O) groups is 1. The minimum atomic E-state index is -0.532. The second kappa shape index (κ2) is 16.1.